The van der Waals surface area contributed by atoms with Gasteiger partial charge in [0.05, 0.1) is 0 Å². The first-order valence-corrected chi connectivity index (χ1v) is 4.59. The van der Waals surface area contributed by atoms with Crippen LogP contribution in [0.1, 0.15) is 34.1 Å². The topological polar surface area (TPSA) is 12.0 Å². The van der Waals surface area contributed by atoms with Crippen LogP contribution < -0.4 is 5.32 Å². The fourth-order valence-electron chi connectivity index (χ4n) is 1.75. The molecule has 1 heteroatoms. The lowest BCUT2D eigenvalue weighted by Gasteiger charge is -2.13. The Morgan fingerprint density at radius 3 is 2.09 bits per heavy atom. The third-order valence-corrected chi connectivity index (χ3v) is 2.33. The van der Waals surface area contributed by atoms with Crippen LogP contribution in [0.2, 0.25) is 0 Å². The van der Waals surface area contributed by atoms with Crippen LogP contribution in [-0.4, -0.2) is 6.54 Å². The van der Waals surface area contributed by atoms with E-state index in [4.69, 9.17) is 0 Å². The quantitative estimate of drug-likeness (QED) is 0.643. The molecular formula is C10H19N. The van der Waals surface area contributed by atoms with Crippen LogP contribution in [0.4, 0.5) is 0 Å². The maximum Gasteiger partial charge on any atom is 0.0182 e. The van der Waals surface area contributed by atoms with Crippen molar-refractivity contribution >= 4 is 0 Å². The average molecular weight is 153 g/mol. The van der Waals surface area contributed by atoms with Crippen molar-refractivity contribution in [2.75, 3.05) is 6.54 Å². The molecule has 0 aromatic carbocycles. The summed E-state index contributed by atoms with van der Waals surface area (Å²) >= 11 is 0. The lowest BCUT2D eigenvalue weighted by molar-refractivity contribution is 0.671. The van der Waals surface area contributed by atoms with Crippen molar-refractivity contribution in [3.63, 3.8) is 0 Å². The molecule has 1 rings (SSSR count). The molecular weight excluding hydrogens is 134 g/mol. The van der Waals surface area contributed by atoms with E-state index in [0.717, 1.165) is 12.5 Å². The first-order chi connectivity index (χ1) is 5.13. The molecule has 1 nitrogen and oxygen atoms in total. The van der Waals surface area contributed by atoms with Gasteiger partial charge >= 0.3 is 0 Å². The van der Waals surface area contributed by atoms with Crippen LogP contribution in [0, 0.1) is 11.8 Å². The summed E-state index contributed by atoms with van der Waals surface area (Å²) in [6.45, 7) is 10.2. The van der Waals surface area contributed by atoms with E-state index in [-0.39, 0.29) is 0 Å². The molecule has 1 N–H and O–H groups in total. The van der Waals surface area contributed by atoms with Crippen LogP contribution in [0.25, 0.3) is 0 Å². The Kier molecular flexibility index (Phi) is 2.58. The smallest absolute Gasteiger partial charge is 0.0182 e. The van der Waals surface area contributed by atoms with E-state index in [0.29, 0.717) is 5.92 Å². The Morgan fingerprint density at radius 2 is 1.73 bits per heavy atom. The maximum absolute atomic E-state index is 3.47. The van der Waals surface area contributed by atoms with Crippen LogP contribution in [-0.2, 0) is 0 Å². The minimum Gasteiger partial charge on any atom is -0.388 e. The number of allylic oxidation sites excluding steroid dienone is 1. The first kappa shape index (κ1) is 8.63. The Morgan fingerprint density at radius 1 is 1.09 bits per heavy atom. The number of nitrogens with one attached hydrogen (secondary N) is 1. The predicted octanol–water partition coefficient (Wildman–Crippen LogP) is 2.55. The lowest BCUT2D eigenvalue weighted by Crippen LogP contribution is -2.12. The summed E-state index contributed by atoms with van der Waals surface area (Å²) in [4.78, 5) is 0. The Hall–Kier alpha value is -0.460. The van der Waals surface area contributed by atoms with E-state index >= 15 is 0 Å². The fourth-order valence-corrected chi connectivity index (χ4v) is 1.75. The first-order valence-electron chi connectivity index (χ1n) is 4.59. The van der Waals surface area contributed by atoms with Crippen LogP contribution >= 0.6 is 0 Å². The normalized spacial score (nSPS) is 18.4. The summed E-state index contributed by atoms with van der Waals surface area (Å²) in [5.74, 6) is 1.40. The molecule has 0 spiro atoms. The van der Waals surface area contributed by atoms with E-state index in [1.807, 2.05) is 0 Å². The Balaban J connectivity index is 2.77. The van der Waals surface area contributed by atoms with Crippen LogP contribution in [0.5, 0.6) is 0 Å². The molecule has 0 saturated heterocycles. The molecule has 0 radical (unpaired) electrons. The molecule has 0 fully saturated rings. The van der Waals surface area contributed by atoms with Gasteiger partial charge in [-0.25, -0.2) is 0 Å². The molecule has 0 unspecified atom stereocenters. The summed E-state index contributed by atoms with van der Waals surface area (Å²) in [6.07, 6.45) is 1.26. The molecule has 0 amide bonds. The average Bonchev–Trinajstić information content (AvgIpc) is 2.32. The van der Waals surface area contributed by atoms with E-state index in [2.05, 4.69) is 33.0 Å². The van der Waals surface area contributed by atoms with Crippen LogP contribution in [0.15, 0.2) is 11.3 Å². The van der Waals surface area contributed by atoms with Gasteiger partial charge < -0.3 is 5.32 Å². The van der Waals surface area contributed by atoms with Gasteiger partial charge in [-0.05, 0) is 23.8 Å². The Bertz CT molecular complexity index is 148. The maximum atomic E-state index is 3.47. The third-order valence-electron chi connectivity index (χ3n) is 2.33. The molecule has 1 heterocycles. The number of hydrogen-bond donors (Lipinski definition) is 1. The molecule has 11 heavy (non-hydrogen) atoms. The molecule has 0 aromatic rings. The van der Waals surface area contributed by atoms with Gasteiger partial charge in [-0.15, -0.1) is 0 Å². The van der Waals surface area contributed by atoms with Crippen molar-refractivity contribution in [1.82, 2.24) is 5.32 Å². The molecule has 0 aromatic heterocycles. The summed E-state index contributed by atoms with van der Waals surface area (Å²) in [6, 6.07) is 0. The minimum atomic E-state index is 0.676. The molecule has 1 aliphatic heterocycles. The van der Waals surface area contributed by atoms with E-state index in [1.165, 1.54) is 12.1 Å². The second-order valence-corrected chi connectivity index (χ2v) is 3.93. The highest BCUT2D eigenvalue weighted by Crippen LogP contribution is 2.25. The van der Waals surface area contributed by atoms with Gasteiger partial charge in [0.1, 0.15) is 0 Å². The minimum absolute atomic E-state index is 0.676. The molecule has 64 valence electrons. The summed E-state index contributed by atoms with van der Waals surface area (Å²) in [7, 11) is 0. The summed E-state index contributed by atoms with van der Waals surface area (Å²) in [5.41, 5.74) is 3.14. The molecule has 0 saturated carbocycles. The van der Waals surface area contributed by atoms with Gasteiger partial charge in [-0.2, -0.15) is 0 Å². The highest BCUT2D eigenvalue weighted by Gasteiger charge is 2.18. The Labute approximate surface area is 69.9 Å². The highest BCUT2D eigenvalue weighted by atomic mass is 14.9. The highest BCUT2D eigenvalue weighted by molar-refractivity contribution is 5.21. The monoisotopic (exact) mass is 153 g/mol. The number of hydrogen-bond acceptors (Lipinski definition) is 1. The predicted molar refractivity (Wildman–Crippen MR) is 49.3 cm³/mol. The van der Waals surface area contributed by atoms with Crippen molar-refractivity contribution in [2.24, 2.45) is 11.8 Å². The van der Waals surface area contributed by atoms with Gasteiger partial charge in [-0.1, -0.05) is 27.7 Å². The van der Waals surface area contributed by atoms with Crippen molar-refractivity contribution in [3.8, 4) is 0 Å². The fraction of sp³-hybridized carbons (Fsp3) is 0.800. The number of rotatable bonds is 2. The van der Waals surface area contributed by atoms with Crippen molar-refractivity contribution in [2.45, 2.75) is 34.1 Å². The zero-order chi connectivity index (χ0) is 8.43. The van der Waals surface area contributed by atoms with Gasteiger partial charge in [0.15, 0.2) is 0 Å². The van der Waals surface area contributed by atoms with Crippen LogP contribution in [0.3, 0.4) is 0 Å². The SMILES string of the molecule is CC(C)C1=C(C(C)C)NCC1. The second kappa shape index (κ2) is 3.29. The van der Waals surface area contributed by atoms with E-state index in [1.54, 1.807) is 5.57 Å². The zero-order valence-electron chi connectivity index (χ0n) is 8.07. The van der Waals surface area contributed by atoms with Gasteiger partial charge in [0, 0.05) is 12.2 Å². The third kappa shape index (κ3) is 1.76. The van der Waals surface area contributed by atoms with Gasteiger partial charge in [-0.3, -0.25) is 0 Å². The molecule has 0 bridgehead atoms. The largest absolute Gasteiger partial charge is 0.388 e. The van der Waals surface area contributed by atoms with Crippen molar-refractivity contribution in [1.29, 1.82) is 0 Å². The van der Waals surface area contributed by atoms with Gasteiger partial charge in [0.2, 0.25) is 0 Å². The lowest BCUT2D eigenvalue weighted by atomic mass is 9.96. The van der Waals surface area contributed by atoms with E-state index in [9.17, 15) is 0 Å². The van der Waals surface area contributed by atoms with Crippen molar-refractivity contribution < 1.29 is 0 Å². The standard InChI is InChI=1S/C10H19N/c1-7(2)9-5-6-11-10(9)8(3)4/h7-8,11H,5-6H2,1-4H3. The molecule has 0 aliphatic carbocycles. The summed E-state index contributed by atoms with van der Waals surface area (Å²) in [5, 5.41) is 3.47. The molecule has 0 atom stereocenters. The summed E-state index contributed by atoms with van der Waals surface area (Å²) < 4.78 is 0. The molecule has 1 aliphatic rings. The van der Waals surface area contributed by atoms with Crippen molar-refractivity contribution in [3.05, 3.63) is 11.3 Å². The second-order valence-electron chi connectivity index (χ2n) is 3.93. The van der Waals surface area contributed by atoms with E-state index < -0.39 is 0 Å². The van der Waals surface area contributed by atoms with Gasteiger partial charge in [0.25, 0.3) is 0 Å². The zero-order valence-corrected chi connectivity index (χ0v) is 8.07.